The van der Waals surface area contributed by atoms with Gasteiger partial charge in [-0.1, -0.05) is 30.7 Å². The van der Waals surface area contributed by atoms with Gasteiger partial charge < -0.3 is 5.32 Å². The fourth-order valence-corrected chi connectivity index (χ4v) is 2.57. The van der Waals surface area contributed by atoms with E-state index in [0.29, 0.717) is 23.2 Å². The monoisotopic (exact) mass is 266 g/mol. The predicted octanol–water partition coefficient (Wildman–Crippen LogP) is 3.01. The fraction of sp³-hybridized carbons (Fsp3) is 0.500. The van der Waals surface area contributed by atoms with Crippen LogP contribution in [-0.2, 0) is 4.79 Å². The minimum Gasteiger partial charge on any atom is -0.324 e. The summed E-state index contributed by atoms with van der Waals surface area (Å²) in [7, 11) is 0. The molecule has 0 radical (unpaired) electrons. The second-order valence-electron chi connectivity index (χ2n) is 5.01. The molecule has 1 aliphatic heterocycles. The number of amides is 1. The molecule has 0 spiro atoms. The molecule has 1 aliphatic rings. The lowest BCUT2D eigenvalue weighted by atomic mass is 10.0. The molecule has 0 aromatic heterocycles. The maximum Gasteiger partial charge on any atom is 0.238 e. The molecule has 1 atom stereocenters. The SMILES string of the molecule is CC1CCCN(CC(=O)Nc2ccccc2Cl)C1. The fourth-order valence-electron chi connectivity index (χ4n) is 2.39. The van der Waals surface area contributed by atoms with E-state index in [2.05, 4.69) is 17.1 Å². The summed E-state index contributed by atoms with van der Waals surface area (Å²) >= 11 is 6.01. The van der Waals surface area contributed by atoms with Crippen LogP contribution in [-0.4, -0.2) is 30.4 Å². The van der Waals surface area contributed by atoms with Crippen LogP contribution in [0.15, 0.2) is 24.3 Å². The molecule has 3 nitrogen and oxygen atoms in total. The Morgan fingerprint density at radius 2 is 2.28 bits per heavy atom. The van der Waals surface area contributed by atoms with Gasteiger partial charge in [0.1, 0.15) is 0 Å². The summed E-state index contributed by atoms with van der Waals surface area (Å²) in [5, 5.41) is 3.44. The summed E-state index contributed by atoms with van der Waals surface area (Å²) in [6, 6.07) is 7.31. The molecule has 1 fully saturated rings. The van der Waals surface area contributed by atoms with Crippen LogP contribution in [0.2, 0.25) is 5.02 Å². The van der Waals surface area contributed by atoms with Crippen LogP contribution in [0.1, 0.15) is 19.8 Å². The van der Waals surface area contributed by atoms with E-state index >= 15 is 0 Å². The number of anilines is 1. The lowest BCUT2D eigenvalue weighted by molar-refractivity contribution is -0.117. The number of carbonyl (C=O) groups excluding carboxylic acids is 1. The molecular formula is C14H19ClN2O. The molecule has 18 heavy (non-hydrogen) atoms. The van der Waals surface area contributed by atoms with Crippen LogP contribution in [0.5, 0.6) is 0 Å². The molecule has 1 unspecified atom stereocenters. The third-order valence-electron chi connectivity index (χ3n) is 3.26. The summed E-state index contributed by atoms with van der Waals surface area (Å²) < 4.78 is 0. The van der Waals surface area contributed by atoms with E-state index < -0.39 is 0 Å². The van der Waals surface area contributed by atoms with Crippen molar-refractivity contribution in [3.63, 3.8) is 0 Å². The van der Waals surface area contributed by atoms with E-state index in [-0.39, 0.29) is 5.91 Å². The standard InChI is InChI=1S/C14H19ClN2O/c1-11-5-4-8-17(9-11)10-14(18)16-13-7-3-2-6-12(13)15/h2-3,6-7,11H,4-5,8-10H2,1H3,(H,16,18). The van der Waals surface area contributed by atoms with E-state index in [1.807, 2.05) is 18.2 Å². The van der Waals surface area contributed by atoms with Crippen LogP contribution in [0.25, 0.3) is 0 Å². The molecule has 0 aliphatic carbocycles. The molecule has 1 aromatic rings. The maximum absolute atomic E-state index is 11.9. The highest BCUT2D eigenvalue weighted by Gasteiger charge is 2.18. The summed E-state index contributed by atoms with van der Waals surface area (Å²) in [5.74, 6) is 0.698. The lowest BCUT2D eigenvalue weighted by Gasteiger charge is -2.30. The minimum absolute atomic E-state index is 0.0113. The Hall–Kier alpha value is -1.06. The smallest absolute Gasteiger partial charge is 0.238 e. The van der Waals surface area contributed by atoms with Crippen LogP contribution in [0, 0.1) is 5.92 Å². The highest BCUT2D eigenvalue weighted by atomic mass is 35.5. The van der Waals surface area contributed by atoms with Gasteiger partial charge in [-0.05, 0) is 37.4 Å². The summed E-state index contributed by atoms with van der Waals surface area (Å²) in [6.07, 6.45) is 2.45. The van der Waals surface area contributed by atoms with Crippen LogP contribution in [0.4, 0.5) is 5.69 Å². The third-order valence-corrected chi connectivity index (χ3v) is 3.59. The number of hydrogen-bond acceptors (Lipinski definition) is 2. The molecule has 0 saturated carbocycles. The highest BCUT2D eigenvalue weighted by molar-refractivity contribution is 6.33. The zero-order valence-corrected chi connectivity index (χ0v) is 11.4. The van der Waals surface area contributed by atoms with Crippen molar-refractivity contribution < 1.29 is 4.79 Å². The molecule has 2 rings (SSSR count). The number of hydrogen-bond donors (Lipinski definition) is 1. The molecule has 1 saturated heterocycles. The third kappa shape index (κ3) is 3.72. The van der Waals surface area contributed by atoms with Gasteiger partial charge in [-0.3, -0.25) is 9.69 Å². The Morgan fingerprint density at radius 1 is 1.50 bits per heavy atom. The van der Waals surface area contributed by atoms with Gasteiger partial charge in [0.05, 0.1) is 17.3 Å². The number of carbonyl (C=O) groups is 1. The number of nitrogens with one attached hydrogen (secondary N) is 1. The molecule has 0 bridgehead atoms. The number of benzene rings is 1. The Bertz CT molecular complexity index is 422. The first-order valence-electron chi connectivity index (χ1n) is 6.42. The van der Waals surface area contributed by atoms with Gasteiger partial charge in [-0.25, -0.2) is 0 Å². The van der Waals surface area contributed by atoms with E-state index in [0.717, 1.165) is 13.1 Å². The normalized spacial score (nSPS) is 20.7. The largest absolute Gasteiger partial charge is 0.324 e. The quantitative estimate of drug-likeness (QED) is 0.912. The zero-order valence-electron chi connectivity index (χ0n) is 10.7. The van der Waals surface area contributed by atoms with Gasteiger partial charge in [-0.15, -0.1) is 0 Å². The van der Waals surface area contributed by atoms with E-state index in [4.69, 9.17) is 11.6 Å². The van der Waals surface area contributed by atoms with Crippen molar-refractivity contribution in [2.45, 2.75) is 19.8 Å². The molecule has 1 heterocycles. The Balaban J connectivity index is 1.87. The maximum atomic E-state index is 11.9. The first kappa shape index (κ1) is 13.4. The van der Waals surface area contributed by atoms with Crippen molar-refractivity contribution in [2.75, 3.05) is 25.0 Å². The average Bonchev–Trinajstić information content (AvgIpc) is 2.32. The van der Waals surface area contributed by atoms with Crippen LogP contribution < -0.4 is 5.32 Å². The topological polar surface area (TPSA) is 32.3 Å². The van der Waals surface area contributed by atoms with Crippen LogP contribution in [0.3, 0.4) is 0 Å². The zero-order chi connectivity index (χ0) is 13.0. The summed E-state index contributed by atoms with van der Waals surface area (Å²) in [6.45, 7) is 4.71. The van der Waals surface area contributed by atoms with Crippen molar-refractivity contribution in [1.82, 2.24) is 4.90 Å². The summed E-state index contributed by atoms with van der Waals surface area (Å²) in [4.78, 5) is 14.1. The predicted molar refractivity (Wildman–Crippen MR) is 74.9 cm³/mol. The number of para-hydroxylation sites is 1. The molecule has 1 N–H and O–H groups in total. The molecule has 1 aromatic carbocycles. The van der Waals surface area contributed by atoms with Crippen molar-refractivity contribution in [2.24, 2.45) is 5.92 Å². The molecule has 4 heteroatoms. The van der Waals surface area contributed by atoms with Gasteiger partial charge in [0, 0.05) is 6.54 Å². The van der Waals surface area contributed by atoms with E-state index in [1.54, 1.807) is 6.07 Å². The van der Waals surface area contributed by atoms with Crippen molar-refractivity contribution in [3.05, 3.63) is 29.3 Å². The highest BCUT2D eigenvalue weighted by Crippen LogP contribution is 2.20. The van der Waals surface area contributed by atoms with Crippen molar-refractivity contribution >= 4 is 23.2 Å². The minimum atomic E-state index is 0.0113. The van der Waals surface area contributed by atoms with Gasteiger partial charge in [-0.2, -0.15) is 0 Å². The molecular weight excluding hydrogens is 248 g/mol. The van der Waals surface area contributed by atoms with Gasteiger partial charge in [0.25, 0.3) is 0 Å². The number of nitrogens with zero attached hydrogens (tertiary/aromatic N) is 1. The Labute approximate surface area is 113 Å². The van der Waals surface area contributed by atoms with E-state index in [1.165, 1.54) is 12.8 Å². The van der Waals surface area contributed by atoms with Crippen molar-refractivity contribution in [1.29, 1.82) is 0 Å². The van der Waals surface area contributed by atoms with E-state index in [9.17, 15) is 4.79 Å². The first-order valence-corrected chi connectivity index (χ1v) is 6.79. The van der Waals surface area contributed by atoms with Crippen molar-refractivity contribution in [3.8, 4) is 0 Å². The second-order valence-corrected chi connectivity index (χ2v) is 5.42. The number of halogens is 1. The average molecular weight is 267 g/mol. The van der Waals surface area contributed by atoms with Gasteiger partial charge in [0.2, 0.25) is 5.91 Å². The first-order chi connectivity index (χ1) is 8.65. The van der Waals surface area contributed by atoms with Gasteiger partial charge >= 0.3 is 0 Å². The molecule has 1 amide bonds. The molecule has 98 valence electrons. The Morgan fingerprint density at radius 3 is 3.00 bits per heavy atom. The summed E-state index contributed by atoms with van der Waals surface area (Å²) in [5.41, 5.74) is 0.689. The van der Waals surface area contributed by atoms with Crippen LogP contribution >= 0.6 is 11.6 Å². The Kier molecular flexibility index (Phi) is 4.61. The number of likely N-dealkylation sites (tertiary alicyclic amines) is 1. The number of rotatable bonds is 3. The number of piperidine rings is 1. The van der Waals surface area contributed by atoms with Gasteiger partial charge in [0.15, 0.2) is 0 Å². The lowest BCUT2D eigenvalue weighted by Crippen LogP contribution is -2.39. The second kappa shape index (κ2) is 6.21.